The van der Waals surface area contributed by atoms with Gasteiger partial charge in [0.05, 0.1) is 12.1 Å². The van der Waals surface area contributed by atoms with Gasteiger partial charge in [0.25, 0.3) is 0 Å². The first kappa shape index (κ1) is 12.4. The van der Waals surface area contributed by atoms with E-state index in [2.05, 4.69) is 10.3 Å². The van der Waals surface area contributed by atoms with Crippen LogP contribution in [0.4, 0.5) is 10.8 Å². The van der Waals surface area contributed by atoms with Gasteiger partial charge in [0, 0.05) is 17.6 Å². The topological polar surface area (TPSA) is 94.0 Å². The van der Waals surface area contributed by atoms with Crippen LogP contribution in [0.25, 0.3) is 0 Å². The number of nitrogens with two attached hydrogens (primary N) is 2. The highest BCUT2D eigenvalue weighted by Crippen LogP contribution is 2.11. The van der Waals surface area contributed by atoms with E-state index in [0.29, 0.717) is 23.1 Å². The molecule has 6 heteroatoms. The summed E-state index contributed by atoms with van der Waals surface area (Å²) < 4.78 is 0. The number of thiazole rings is 1. The molecular weight excluding hydrogens is 248 g/mol. The van der Waals surface area contributed by atoms with Gasteiger partial charge < -0.3 is 16.8 Å². The molecule has 5 N–H and O–H groups in total. The summed E-state index contributed by atoms with van der Waals surface area (Å²) in [5, 5.41) is 5.08. The minimum Gasteiger partial charge on any atom is -0.399 e. The molecule has 0 bridgehead atoms. The van der Waals surface area contributed by atoms with E-state index in [1.807, 2.05) is 24.3 Å². The number of nitrogens with one attached hydrogen (secondary N) is 1. The Morgan fingerprint density at radius 2 is 2.22 bits per heavy atom. The number of hydrogen-bond acceptors (Lipinski definition) is 5. The molecule has 1 heterocycles. The highest BCUT2D eigenvalue weighted by atomic mass is 32.1. The van der Waals surface area contributed by atoms with Gasteiger partial charge in [-0.2, -0.15) is 0 Å². The van der Waals surface area contributed by atoms with Crippen molar-refractivity contribution in [1.29, 1.82) is 0 Å². The fourth-order valence-electron chi connectivity index (χ4n) is 1.53. The largest absolute Gasteiger partial charge is 0.399 e. The summed E-state index contributed by atoms with van der Waals surface area (Å²) in [6.07, 6.45) is 0.246. The van der Waals surface area contributed by atoms with Crippen molar-refractivity contribution in [2.24, 2.45) is 0 Å². The lowest BCUT2D eigenvalue weighted by atomic mass is 10.2. The molecule has 2 aromatic rings. The molecule has 2 rings (SSSR count). The lowest BCUT2D eigenvalue weighted by molar-refractivity contribution is -0.120. The highest BCUT2D eigenvalue weighted by molar-refractivity contribution is 7.13. The van der Waals surface area contributed by atoms with Gasteiger partial charge in [-0.3, -0.25) is 4.79 Å². The zero-order valence-electron chi connectivity index (χ0n) is 9.72. The first-order valence-electron chi connectivity index (χ1n) is 5.44. The molecule has 0 aliphatic carbocycles. The monoisotopic (exact) mass is 262 g/mol. The maximum Gasteiger partial charge on any atom is 0.226 e. The predicted octanol–water partition coefficient (Wildman–Crippen LogP) is 1.17. The molecule has 18 heavy (non-hydrogen) atoms. The van der Waals surface area contributed by atoms with Crippen molar-refractivity contribution >= 4 is 28.1 Å². The maximum atomic E-state index is 11.7. The summed E-state index contributed by atoms with van der Waals surface area (Å²) in [5.41, 5.74) is 13.5. The maximum absolute atomic E-state index is 11.7. The number of aromatic nitrogens is 1. The van der Waals surface area contributed by atoms with Crippen LogP contribution in [0, 0.1) is 0 Å². The minimum atomic E-state index is -0.0808. The third-order valence-electron chi connectivity index (χ3n) is 2.35. The van der Waals surface area contributed by atoms with E-state index in [0.717, 1.165) is 5.56 Å². The summed E-state index contributed by atoms with van der Waals surface area (Å²) in [4.78, 5) is 15.7. The zero-order chi connectivity index (χ0) is 13.0. The second kappa shape index (κ2) is 5.50. The van der Waals surface area contributed by atoms with E-state index in [4.69, 9.17) is 11.5 Å². The normalized spacial score (nSPS) is 10.2. The van der Waals surface area contributed by atoms with Crippen molar-refractivity contribution in [2.45, 2.75) is 13.0 Å². The van der Waals surface area contributed by atoms with Crippen LogP contribution in [0.15, 0.2) is 29.6 Å². The standard InChI is InChI=1S/C12H14N4OS/c13-9-3-1-2-8(4-9)6-15-11(17)5-10-7-18-12(14)16-10/h1-4,7H,5-6,13H2,(H2,14,16)(H,15,17). The van der Waals surface area contributed by atoms with Gasteiger partial charge in [-0.25, -0.2) is 4.98 Å². The van der Waals surface area contributed by atoms with Crippen molar-refractivity contribution in [2.75, 3.05) is 11.5 Å². The molecule has 5 nitrogen and oxygen atoms in total. The van der Waals surface area contributed by atoms with E-state index < -0.39 is 0 Å². The lowest BCUT2D eigenvalue weighted by Gasteiger charge is -2.05. The van der Waals surface area contributed by atoms with Crippen LogP contribution < -0.4 is 16.8 Å². The van der Waals surface area contributed by atoms with Crippen LogP contribution in [0.2, 0.25) is 0 Å². The van der Waals surface area contributed by atoms with E-state index in [-0.39, 0.29) is 12.3 Å². The Kier molecular flexibility index (Phi) is 3.78. The molecule has 0 atom stereocenters. The molecule has 0 aliphatic rings. The Morgan fingerprint density at radius 1 is 1.39 bits per heavy atom. The molecule has 0 spiro atoms. The van der Waals surface area contributed by atoms with Gasteiger partial charge in [-0.1, -0.05) is 12.1 Å². The summed E-state index contributed by atoms with van der Waals surface area (Å²) in [6, 6.07) is 7.42. The third kappa shape index (κ3) is 3.46. The Labute approximate surface area is 109 Å². The molecule has 0 saturated heterocycles. The fraction of sp³-hybridized carbons (Fsp3) is 0.167. The number of nitrogens with zero attached hydrogens (tertiary/aromatic N) is 1. The summed E-state index contributed by atoms with van der Waals surface area (Å²) >= 11 is 1.33. The Morgan fingerprint density at radius 3 is 2.89 bits per heavy atom. The third-order valence-corrected chi connectivity index (χ3v) is 3.07. The van der Waals surface area contributed by atoms with Crippen LogP contribution in [0.3, 0.4) is 0 Å². The Bertz CT molecular complexity index is 553. The van der Waals surface area contributed by atoms with Gasteiger partial charge in [-0.05, 0) is 17.7 Å². The highest BCUT2D eigenvalue weighted by Gasteiger charge is 2.06. The lowest BCUT2D eigenvalue weighted by Crippen LogP contribution is -2.24. The molecule has 94 valence electrons. The molecule has 0 fully saturated rings. The number of carbonyl (C=O) groups is 1. The van der Waals surface area contributed by atoms with E-state index in [9.17, 15) is 4.79 Å². The Hall–Kier alpha value is -2.08. The zero-order valence-corrected chi connectivity index (χ0v) is 10.5. The van der Waals surface area contributed by atoms with Crippen molar-refractivity contribution < 1.29 is 4.79 Å². The van der Waals surface area contributed by atoms with Crippen LogP contribution in [0.5, 0.6) is 0 Å². The van der Waals surface area contributed by atoms with Crippen LogP contribution in [-0.4, -0.2) is 10.9 Å². The molecule has 0 unspecified atom stereocenters. The molecule has 0 aliphatic heterocycles. The molecule has 0 radical (unpaired) electrons. The summed E-state index contributed by atoms with van der Waals surface area (Å²) in [5.74, 6) is -0.0808. The predicted molar refractivity (Wildman–Crippen MR) is 72.9 cm³/mol. The fourth-order valence-corrected chi connectivity index (χ4v) is 2.10. The van der Waals surface area contributed by atoms with Crippen LogP contribution in [-0.2, 0) is 17.8 Å². The van der Waals surface area contributed by atoms with Crippen LogP contribution >= 0.6 is 11.3 Å². The second-order valence-corrected chi connectivity index (χ2v) is 4.77. The summed E-state index contributed by atoms with van der Waals surface area (Å²) in [6.45, 7) is 0.462. The first-order valence-corrected chi connectivity index (χ1v) is 6.32. The average molecular weight is 262 g/mol. The van der Waals surface area contributed by atoms with E-state index in [1.165, 1.54) is 11.3 Å². The molecule has 0 saturated carbocycles. The number of hydrogen-bond donors (Lipinski definition) is 3. The summed E-state index contributed by atoms with van der Waals surface area (Å²) in [7, 11) is 0. The number of anilines is 2. The van der Waals surface area contributed by atoms with Crippen molar-refractivity contribution in [3.8, 4) is 0 Å². The van der Waals surface area contributed by atoms with E-state index >= 15 is 0 Å². The van der Waals surface area contributed by atoms with Gasteiger partial charge in [0.1, 0.15) is 0 Å². The van der Waals surface area contributed by atoms with Gasteiger partial charge in [0.15, 0.2) is 5.13 Å². The number of carbonyl (C=O) groups excluding carboxylic acids is 1. The van der Waals surface area contributed by atoms with Gasteiger partial charge >= 0.3 is 0 Å². The van der Waals surface area contributed by atoms with Crippen molar-refractivity contribution in [3.63, 3.8) is 0 Å². The Balaban J connectivity index is 1.85. The SMILES string of the molecule is Nc1cccc(CNC(=O)Cc2csc(N)n2)c1. The smallest absolute Gasteiger partial charge is 0.226 e. The average Bonchev–Trinajstić information content (AvgIpc) is 2.72. The molecule has 1 amide bonds. The number of rotatable bonds is 4. The van der Waals surface area contributed by atoms with E-state index in [1.54, 1.807) is 5.38 Å². The number of nitrogen functional groups attached to an aromatic ring is 2. The first-order chi connectivity index (χ1) is 8.63. The van der Waals surface area contributed by atoms with Gasteiger partial charge in [0.2, 0.25) is 5.91 Å². The molecular formula is C12H14N4OS. The molecule has 1 aromatic carbocycles. The minimum absolute atomic E-state index is 0.0808. The quantitative estimate of drug-likeness (QED) is 0.721. The van der Waals surface area contributed by atoms with Crippen molar-refractivity contribution in [3.05, 3.63) is 40.9 Å². The van der Waals surface area contributed by atoms with Gasteiger partial charge in [-0.15, -0.1) is 11.3 Å². The second-order valence-electron chi connectivity index (χ2n) is 3.88. The van der Waals surface area contributed by atoms with Crippen molar-refractivity contribution in [1.82, 2.24) is 10.3 Å². The molecule has 1 aromatic heterocycles. The number of benzene rings is 1. The van der Waals surface area contributed by atoms with Crippen LogP contribution in [0.1, 0.15) is 11.3 Å². The number of amides is 1.